The second-order valence-electron chi connectivity index (χ2n) is 5.41. The molecule has 1 aromatic carbocycles. The normalized spacial score (nSPS) is 16.4. The molecule has 9 heteroatoms. The number of carbonyl (C=O) groups excluding carboxylic acids is 1. The number of fused-ring (bicyclic) bond motifs is 1. The van der Waals surface area contributed by atoms with E-state index < -0.39 is 11.9 Å². The Labute approximate surface area is 158 Å². The summed E-state index contributed by atoms with van der Waals surface area (Å²) in [5, 5.41) is 8.33. The lowest BCUT2D eigenvalue weighted by Gasteiger charge is -2.28. The van der Waals surface area contributed by atoms with Gasteiger partial charge in [-0.1, -0.05) is 34.6 Å². The van der Waals surface area contributed by atoms with E-state index in [4.69, 9.17) is 10.5 Å². The minimum atomic E-state index is -0.514. The van der Waals surface area contributed by atoms with Gasteiger partial charge in [0.25, 0.3) is 0 Å². The minimum absolute atomic E-state index is 0.432. The number of hydrogen-bond donors (Lipinski definition) is 2. The number of allylic oxidation sites excluding steroid dienone is 1. The summed E-state index contributed by atoms with van der Waals surface area (Å²) in [6, 6.07) is 5.11. The highest BCUT2D eigenvalue weighted by Gasteiger charge is 2.35. The standard InChI is InChI=1S/C16H18BrN5O2S/c1-4-25-16-20-15-19-8(2)12(14(18)23)13(22(15)21-16)10-7-9(17)5-6-11(10)24-3/h5-7,13H,4H2,1-3H3,(H2,18,23)(H,19,20,21). The van der Waals surface area contributed by atoms with Crippen LogP contribution >= 0.6 is 27.7 Å². The molecule has 1 aromatic heterocycles. The number of primary amides is 1. The van der Waals surface area contributed by atoms with Gasteiger partial charge >= 0.3 is 0 Å². The van der Waals surface area contributed by atoms with Gasteiger partial charge in [-0.15, -0.1) is 5.10 Å². The van der Waals surface area contributed by atoms with E-state index >= 15 is 0 Å². The maximum atomic E-state index is 12.2. The Morgan fingerprint density at radius 3 is 2.92 bits per heavy atom. The van der Waals surface area contributed by atoms with E-state index in [0.29, 0.717) is 28.1 Å². The van der Waals surface area contributed by atoms with Crippen LogP contribution < -0.4 is 15.8 Å². The van der Waals surface area contributed by atoms with E-state index in [2.05, 4.69) is 31.3 Å². The molecule has 0 saturated heterocycles. The first-order valence-corrected chi connectivity index (χ1v) is 9.44. The van der Waals surface area contributed by atoms with Crippen LogP contribution in [0.3, 0.4) is 0 Å². The van der Waals surface area contributed by atoms with Crippen LogP contribution in [0.15, 0.2) is 39.1 Å². The Morgan fingerprint density at radius 1 is 1.52 bits per heavy atom. The Hall–Kier alpha value is -2.00. The monoisotopic (exact) mass is 423 g/mol. The molecule has 0 aliphatic carbocycles. The summed E-state index contributed by atoms with van der Waals surface area (Å²) in [7, 11) is 1.59. The number of hydrogen-bond acceptors (Lipinski definition) is 6. The van der Waals surface area contributed by atoms with Crippen LogP contribution in [0, 0.1) is 0 Å². The maximum Gasteiger partial charge on any atom is 0.248 e. The molecule has 1 aliphatic rings. The molecule has 0 spiro atoms. The third-order valence-corrected chi connectivity index (χ3v) is 5.07. The number of amides is 1. The Bertz CT molecular complexity index is 864. The SMILES string of the molecule is CCSc1nc2n(n1)C(c1cc(Br)ccc1OC)C(C(N)=O)=C(C)N2. The van der Waals surface area contributed by atoms with Gasteiger partial charge in [0.1, 0.15) is 11.8 Å². The van der Waals surface area contributed by atoms with Crippen LogP contribution in [0.5, 0.6) is 5.75 Å². The predicted molar refractivity (Wildman–Crippen MR) is 101 cm³/mol. The average Bonchev–Trinajstić information content (AvgIpc) is 2.95. The third-order valence-electron chi connectivity index (χ3n) is 3.86. The summed E-state index contributed by atoms with van der Waals surface area (Å²) < 4.78 is 8.06. The molecule has 7 nitrogen and oxygen atoms in total. The molecule has 0 fully saturated rings. The summed E-state index contributed by atoms with van der Waals surface area (Å²) in [5.41, 5.74) is 7.56. The van der Waals surface area contributed by atoms with E-state index in [1.165, 1.54) is 11.8 Å². The summed E-state index contributed by atoms with van der Waals surface area (Å²) in [5.74, 6) is 1.56. The number of thioether (sulfide) groups is 1. The van der Waals surface area contributed by atoms with Gasteiger partial charge in [-0.2, -0.15) is 4.98 Å². The number of rotatable bonds is 5. The lowest BCUT2D eigenvalue weighted by atomic mass is 9.94. The van der Waals surface area contributed by atoms with Gasteiger partial charge in [0.2, 0.25) is 17.0 Å². The summed E-state index contributed by atoms with van der Waals surface area (Å²) >= 11 is 5.01. The zero-order valence-corrected chi connectivity index (χ0v) is 16.4. The van der Waals surface area contributed by atoms with Crippen molar-refractivity contribution in [2.45, 2.75) is 25.0 Å². The summed E-state index contributed by atoms with van der Waals surface area (Å²) in [6.45, 7) is 3.84. The number of nitrogens with two attached hydrogens (primary N) is 1. The number of benzene rings is 1. The fourth-order valence-corrected chi connectivity index (χ4v) is 3.78. The second kappa shape index (κ2) is 7.09. The van der Waals surface area contributed by atoms with Gasteiger partial charge < -0.3 is 15.8 Å². The lowest BCUT2D eigenvalue weighted by molar-refractivity contribution is -0.115. The largest absolute Gasteiger partial charge is 0.496 e. The van der Waals surface area contributed by atoms with Crippen LogP contribution in [-0.4, -0.2) is 33.5 Å². The fraction of sp³-hybridized carbons (Fsp3) is 0.312. The van der Waals surface area contributed by atoms with Crippen molar-refractivity contribution in [3.63, 3.8) is 0 Å². The van der Waals surface area contributed by atoms with Crippen molar-refractivity contribution in [3.8, 4) is 5.75 Å². The first kappa shape index (κ1) is 17.8. The minimum Gasteiger partial charge on any atom is -0.496 e. The van der Waals surface area contributed by atoms with Crippen molar-refractivity contribution in [1.29, 1.82) is 0 Å². The number of methoxy groups -OCH3 is 1. The summed E-state index contributed by atoms with van der Waals surface area (Å²) in [6.07, 6.45) is 0. The van der Waals surface area contributed by atoms with Crippen LogP contribution in [0.25, 0.3) is 0 Å². The Balaban J connectivity index is 2.24. The molecule has 2 aromatic rings. The highest BCUT2D eigenvalue weighted by molar-refractivity contribution is 9.10. The predicted octanol–water partition coefficient (Wildman–Crippen LogP) is 2.94. The first-order valence-electron chi connectivity index (χ1n) is 7.66. The second-order valence-corrected chi connectivity index (χ2v) is 7.56. The molecule has 2 heterocycles. The molecule has 132 valence electrons. The fourth-order valence-electron chi connectivity index (χ4n) is 2.85. The molecule has 1 unspecified atom stereocenters. The molecule has 0 radical (unpaired) electrons. The van der Waals surface area contributed by atoms with Crippen molar-refractivity contribution >= 4 is 39.5 Å². The van der Waals surface area contributed by atoms with Gasteiger partial charge in [0.15, 0.2) is 0 Å². The van der Waals surface area contributed by atoms with Crippen LogP contribution in [0.1, 0.15) is 25.5 Å². The van der Waals surface area contributed by atoms with Crippen molar-refractivity contribution in [2.24, 2.45) is 5.73 Å². The van der Waals surface area contributed by atoms with E-state index in [0.717, 1.165) is 15.8 Å². The van der Waals surface area contributed by atoms with Crippen LogP contribution in [-0.2, 0) is 4.79 Å². The van der Waals surface area contributed by atoms with E-state index in [-0.39, 0.29) is 0 Å². The Morgan fingerprint density at radius 2 is 2.28 bits per heavy atom. The lowest BCUT2D eigenvalue weighted by Crippen LogP contribution is -2.32. The number of anilines is 1. The van der Waals surface area contributed by atoms with Gasteiger partial charge in [-0.3, -0.25) is 4.79 Å². The highest BCUT2D eigenvalue weighted by Crippen LogP contribution is 2.40. The van der Waals surface area contributed by atoms with E-state index in [9.17, 15) is 4.79 Å². The number of nitrogens with one attached hydrogen (secondary N) is 1. The number of halogens is 1. The topological polar surface area (TPSA) is 95.1 Å². The van der Waals surface area contributed by atoms with E-state index in [1.807, 2.05) is 32.0 Å². The molecule has 3 rings (SSSR count). The molecule has 0 bridgehead atoms. The molecule has 1 atom stereocenters. The quantitative estimate of drug-likeness (QED) is 0.717. The number of carbonyl (C=O) groups is 1. The Kier molecular flexibility index (Phi) is 5.05. The van der Waals surface area contributed by atoms with Crippen molar-refractivity contribution in [1.82, 2.24) is 14.8 Å². The first-order chi connectivity index (χ1) is 12.0. The number of nitrogens with zero attached hydrogens (tertiary/aromatic N) is 3. The molecule has 0 saturated carbocycles. The molecule has 25 heavy (non-hydrogen) atoms. The molecular formula is C16H18BrN5O2S. The van der Waals surface area contributed by atoms with Crippen molar-refractivity contribution in [2.75, 3.05) is 18.2 Å². The van der Waals surface area contributed by atoms with Crippen molar-refractivity contribution in [3.05, 3.63) is 39.5 Å². The number of ether oxygens (including phenoxy) is 1. The van der Waals surface area contributed by atoms with E-state index in [1.54, 1.807) is 11.8 Å². The molecule has 1 amide bonds. The third kappa shape index (κ3) is 3.25. The average molecular weight is 424 g/mol. The maximum absolute atomic E-state index is 12.2. The number of aromatic nitrogens is 3. The molecule has 1 aliphatic heterocycles. The molecule has 3 N–H and O–H groups in total. The van der Waals surface area contributed by atoms with Crippen molar-refractivity contribution < 1.29 is 9.53 Å². The van der Waals surface area contributed by atoms with Gasteiger partial charge in [-0.05, 0) is 30.9 Å². The van der Waals surface area contributed by atoms with Crippen LogP contribution in [0.4, 0.5) is 5.95 Å². The smallest absolute Gasteiger partial charge is 0.248 e. The van der Waals surface area contributed by atoms with Gasteiger partial charge in [0.05, 0.1) is 12.7 Å². The van der Waals surface area contributed by atoms with Gasteiger partial charge in [-0.25, -0.2) is 4.68 Å². The zero-order chi connectivity index (χ0) is 18.1. The molecular weight excluding hydrogens is 406 g/mol. The highest BCUT2D eigenvalue weighted by atomic mass is 79.9. The van der Waals surface area contributed by atoms with Gasteiger partial charge in [0, 0.05) is 15.7 Å². The summed E-state index contributed by atoms with van der Waals surface area (Å²) in [4.78, 5) is 16.7. The van der Waals surface area contributed by atoms with Crippen LogP contribution in [0.2, 0.25) is 0 Å². The zero-order valence-electron chi connectivity index (χ0n) is 14.0.